The fourth-order valence-electron chi connectivity index (χ4n) is 1.91. The van der Waals surface area contributed by atoms with Crippen LogP contribution in [0.5, 0.6) is 0 Å². The predicted octanol–water partition coefficient (Wildman–Crippen LogP) is 1.95. The second-order valence-electron chi connectivity index (χ2n) is 5.37. The zero-order valence-electron chi connectivity index (χ0n) is 12.7. The fraction of sp³-hybridized carbons (Fsp3) is 0.467. The lowest BCUT2D eigenvalue weighted by molar-refractivity contribution is 0.588. The first-order valence-electron chi connectivity index (χ1n) is 6.92. The average molecular weight is 273 g/mol. The molecule has 0 aliphatic carbocycles. The van der Waals surface area contributed by atoms with Gasteiger partial charge in [0.2, 0.25) is 0 Å². The third-order valence-electron chi connectivity index (χ3n) is 3.21. The van der Waals surface area contributed by atoms with E-state index < -0.39 is 0 Å². The van der Waals surface area contributed by atoms with E-state index in [1.807, 2.05) is 37.3 Å². The summed E-state index contributed by atoms with van der Waals surface area (Å²) in [7, 11) is 4.04. The molecule has 0 unspecified atom stereocenters. The van der Waals surface area contributed by atoms with Gasteiger partial charge in [-0.2, -0.15) is 0 Å². The van der Waals surface area contributed by atoms with Gasteiger partial charge in [0.25, 0.3) is 0 Å². The maximum Gasteiger partial charge on any atom is 0.128 e. The normalized spacial score (nSPS) is 11.1. The Labute approximate surface area is 120 Å². The Bertz CT molecular complexity index is 529. The molecular formula is C15H23N5. The third kappa shape index (κ3) is 3.81. The summed E-state index contributed by atoms with van der Waals surface area (Å²) in [6.07, 6.45) is 5.70. The van der Waals surface area contributed by atoms with Gasteiger partial charge in [-0.05, 0) is 11.6 Å². The number of nitrogens with one attached hydrogen (secondary N) is 1. The Hall–Kier alpha value is -1.88. The van der Waals surface area contributed by atoms with Crippen LogP contribution in [0.3, 0.4) is 0 Å². The number of nitrogens with zero attached hydrogens (tertiary/aromatic N) is 4. The van der Waals surface area contributed by atoms with Crippen molar-refractivity contribution in [2.24, 2.45) is 7.05 Å². The van der Waals surface area contributed by atoms with Crippen molar-refractivity contribution in [2.75, 3.05) is 11.9 Å². The van der Waals surface area contributed by atoms with Crippen LogP contribution in [-0.2, 0) is 20.1 Å². The highest BCUT2D eigenvalue weighted by molar-refractivity contribution is 5.38. The van der Waals surface area contributed by atoms with Crippen LogP contribution in [0.4, 0.5) is 5.82 Å². The van der Waals surface area contributed by atoms with Crippen molar-refractivity contribution in [1.29, 1.82) is 0 Å². The van der Waals surface area contributed by atoms with E-state index in [-0.39, 0.29) is 0 Å². The van der Waals surface area contributed by atoms with Crippen molar-refractivity contribution in [3.05, 3.63) is 42.1 Å². The smallest absolute Gasteiger partial charge is 0.128 e. The van der Waals surface area contributed by atoms with Crippen LogP contribution in [0.2, 0.25) is 0 Å². The second kappa shape index (κ2) is 6.52. The molecular weight excluding hydrogens is 250 g/mol. The van der Waals surface area contributed by atoms with Gasteiger partial charge in [0, 0.05) is 45.3 Å². The number of pyridine rings is 1. The summed E-state index contributed by atoms with van der Waals surface area (Å²) >= 11 is 0. The molecule has 108 valence electrons. The highest BCUT2D eigenvalue weighted by Crippen LogP contribution is 2.12. The van der Waals surface area contributed by atoms with E-state index in [9.17, 15) is 0 Å². The number of aromatic nitrogens is 3. The van der Waals surface area contributed by atoms with Gasteiger partial charge in [0.15, 0.2) is 0 Å². The van der Waals surface area contributed by atoms with E-state index in [1.54, 1.807) is 0 Å². The Morgan fingerprint density at radius 2 is 2.10 bits per heavy atom. The monoisotopic (exact) mass is 273 g/mol. The van der Waals surface area contributed by atoms with E-state index in [0.29, 0.717) is 6.04 Å². The van der Waals surface area contributed by atoms with E-state index >= 15 is 0 Å². The summed E-state index contributed by atoms with van der Waals surface area (Å²) in [5.41, 5.74) is 1.20. The molecule has 1 N–H and O–H groups in total. The van der Waals surface area contributed by atoms with Crippen molar-refractivity contribution in [1.82, 2.24) is 19.9 Å². The highest BCUT2D eigenvalue weighted by atomic mass is 15.2. The first kappa shape index (κ1) is 14.5. The van der Waals surface area contributed by atoms with E-state index in [4.69, 9.17) is 0 Å². The maximum atomic E-state index is 4.52. The predicted molar refractivity (Wildman–Crippen MR) is 81.5 cm³/mol. The largest absolute Gasteiger partial charge is 0.352 e. The van der Waals surface area contributed by atoms with Crippen molar-refractivity contribution in [3.63, 3.8) is 0 Å². The molecule has 2 aromatic heterocycles. The van der Waals surface area contributed by atoms with Gasteiger partial charge < -0.3 is 14.8 Å². The van der Waals surface area contributed by atoms with Gasteiger partial charge in [-0.1, -0.05) is 19.9 Å². The molecule has 0 radical (unpaired) electrons. The minimum absolute atomic E-state index is 0.487. The standard InChI is InChI=1S/C15H23N5/c1-12(2)17-9-13-5-6-14(18-10-13)20(4)11-15-16-7-8-19(15)3/h5-8,10,12,17H,9,11H2,1-4H3. The maximum absolute atomic E-state index is 4.52. The lowest BCUT2D eigenvalue weighted by atomic mass is 10.2. The Kier molecular flexibility index (Phi) is 4.74. The zero-order chi connectivity index (χ0) is 14.5. The van der Waals surface area contributed by atoms with Crippen molar-refractivity contribution in [3.8, 4) is 0 Å². The average Bonchev–Trinajstić information content (AvgIpc) is 2.82. The molecule has 0 spiro atoms. The topological polar surface area (TPSA) is 46.0 Å². The van der Waals surface area contributed by atoms with Crippen molar-refractivity contribution in [2.45, 2.75) is 33.0 Å². The summed E-state index contributed by atoms with van der Waals surface area (Å²) in [4.78, 5) is 10.9. The first-order chi connectivity index (χ1) is 9.56. The quantitative estimate of drug-likeness (QED) is 0.874. The van der Waals surface area contributed by atoms with Crippen LogP contribution in [0.15, 0.2) is 30.7 Å². The molecule has 5 nitrogen and oxygen atoms in total. The SMILES string of the molecule is CC(C)NCc1ccc(N(C)Cc2nccn2C)nc1. The molecule has 0 amide bonds. The van der Waals surface area contributed by atoms with Crippen LogP contribution in [0.1, 0.15) is 25.2 Å². The number of rotatable bonds is 6. The Balaban J connectivity index is 1.97. The van der Waals surface area contributed by atoms with Gasteiger partial charge in [-0.15, -0.1) is 0 Å². The van der Waals surface area contributed by atoms with Gasteiger partial charge >= 0.3 is 0 Å². The van der Waals surface area contributed by atoms with E-state index in [0.717, 1.165) is 24.7 Å². The highest BCUT2D eigenvalue weighted by Gasteiger charge is 2.07. The number of anilines is 1. The minimum atomic E-state index is 0.487. The summed E-state index contributed by atoms with van der Waals surface area (Å²) in [5.74, 6) is 1.99. The number of hydrogen-bond acceptors (Lipinski definition) is 4. The summed E-state index contributed by atoms with van der Waals surface area (Å²) in [5, 5.41) is 3.39. The number of imidazole rings is 1. The molecule has 0 saturated heterocycles. The van der Waals surface area contributed by atoms with E-state index in [1.165, 1.54) is 5.56 Å². The lowest BCUT2D eigenvalue weighted by Gasteiger charge is -2.18. The molecule has 0 bridgehead atoms. The molecule has 5 heteroatoms. The molecule has 0 atom stereocenters. The van der Waals surface area contributed by atoms with Crippen LogP contribution in [-0.4, -0.2) is 27.6 Å². The zero-order valence-corrected chi connectivity index (χ0v) is 12.7. The van der Waals surface area contributed by atoms with Gasteiger partial charge in [0.05, 0.1) is 6.54 Å². The summed E-state index contributed by atoms with van der Waals surface area (Å²) in [6, 6.07) is 4.66. The molecule has 2 heterocycles. The lowest BCUT2D eigenvalue weighted by Crippen LogP contribution is -2.22. The second-order valence-corrected chi connectivity index (χ2v) is 5.37. The van der Waals surface area contributed by atoms with Crippen LogP contribution in [0.25, 0.3) is 0 Å². The molecule has 2 aromatic rings. The molecule has 20 heavy (non-hydrogen) atoms. The van der Waals surface area contributed by atoms with Crippen molar-refractivity contribution < 1.29 is 0 Å². The number of aryl methyl sites for hydroxylation is 1. The van der Waals surface area contributed by atoms with Gasteiger partial charge in [-0.25, -0.2) is 9.97 Å². The van der Waals surface area contributed by atoms with Crippen LogP contribution in [0, 0.1) is 0 Å². The number of hydrogen-bond donors (Lipinski definition) is 1. The van der Waals surface area contributed by atoms with Gasteiger partial charge in [-0.3, -0.25) is 0 Å². The Morgan fingerprint density at radius 3 is 2.65 bits per heavy atom. The molecule has 0 aromatic carbocycles. The van der Waals surface area contributed by atoms with E-state index in [2.05, 4.69) is 46.2 Å². The molecule has 0 aliphatic rings. The Morgan fingerprint density at radius 1 is 1.30 bits per heavy atom. The van der Waals surface area contributed by atoms with Crippen LogP contribution >= 0.6 is 0 Å². The van der Waals surface area contributed by atoms with Crippen molar-refractivity contribution >= 4 is 5.82 Å². The summed E-state index contributed by atoms with van der Waals surface area (Å²) in [6.45, 7) is 5.89. The molecule has 0 saturated carbocycles. The molecule has 0 aliphatic heterocycles. The van der Waals surface area contributed by atoms with Crippen LogP contribution < -0.4 is 10.2 Å². The first-order valence-corrected chi connectivity index (χ1v) is 6.92. The molecule has 0 fully saturated rings. The summed E-state index contributed by atoms with van der Waals surface area (Å²) < 4.78 is 2.03. The third-order valence-corrected chi connectivity index (χ3v) is 3.21. The van der Waals surface area contributed by atoms with Gasteiger partial charge in [0.1, 0.15) is 11.6 Å². The fourth-order valence-corrected chi connectivity index (χ4v) is 1.91. The molecule has 2 rings (SSSR count). The minimum Gasteiger partial charge on any atom is -0.352 e.